The third-order valence-corrected chi connectivity index (χ3v) is 4.96. The Labute approximate surface area is 160 Å². The number of likely N-dealkylation sites (tertiary alicyclic amines) is 1. The van der Waals surface area contributed by atoms with Crippen molar-refractivity contribution in [3.63, 3.8) is 0 Å². The van der Waals surface area contributed by atoms with Gasteiger partial charge in [-0.2, -0.15) is 0 Å². The van der Waals surface area contributed by atoms with E-state index in [0.29, 0.717) is 6.61 Å². The number of hydrogen-bond donors (Lipinski definition) is 1. The van der Waals surface area contributed by atoms with Gasteiger partial charge < -0.3 is 10.1 Å². The molecule has 1 amide bonds. The van der Waals surface area contributed by atoms with Crippen LogP contribution in [0.3, 0.4) is 0 Å². The highest BCUT2D eigenvalue weighted by atomic mass is 35.5. The van der Waals surface area contributed by atoms with E-state index in [1.807, 2.05) is 43.3 Å². The number of hydrogen-bond acceptors (Lipinski definition) is 3. The minimum Gasteiger partial charge on any atom is -0.494 e. The number of piperidine rings is 1. The highest BCUT2D eigenvalue weighted by Crippen LogP contribution is 2.22. The summed E-state index contributed by atoms with van der Waals surface area (Å²) in [4.78, 5) is 14.9. The van der Waals surface area contributed by atoms with E-state index in [2.05, 4.69) is 22.3 Å². The molecule has 26 heavy (non-hydrogen) atoms. The van der Waals surface area contributed by atoms with Crippen LogP contribution in [0.5, 0.6) is 5.75 Å². The van der Waals surface area contributed by atoms with Gasteiger partial charge in [0.05, 0.1) is 6.61 Å². The van der Waals surface area contributed by atoms with Gasteiger partial charge in [0.15, 0.2) is 0 Å². The van der Waals surface area contributed by atoms with Gasteiger partial charge in [0.2, 0.25) is 5.91 Å². The van der Waals surface area contributed by atoms with Gasteiger partial charge in [0.25, 0.3) is 0 Å². The van der Waals surface area contributed by atoms with Crippen LogP contribution in [0.15, 0.2) is 48.5 Å². The maximum absolute atomic E-state index is 12.5. The zero-order valence-electron chi connectivity index (χ0n) is 15.1. The number of benzene rings is 2. The summed E-state index contributed by atoms with van der Waals surface area (Å²) in [5.74, 6) is 1.00. The quantitative estimate of drug-likeness (QED) is 0.806. The summed E-state index contributed by atoms with van der Waals surface area (Å²) < 4.78 is 5.42. The number of rotatable bonds is 6. The fourth-order valence-corrected chi connectivity index (χ4v) is 3.37. The van der Waals surface area contributed by atoms with E-state index in [1.165, 1.54) is 5.56 Å². The van der Waals surface area contributed by atoms with Crippen LogP contribution in [0.2, 0.25) is 5.02 Å². The summed E-state index contributed by atoms with van der Waals surface area (Å²) in [5.41, 5.74) is 2.08. The van der Waals surface area contributed by atoms with E-state index in [1.54, 1.807) is 0 Å². The van der Waals surface area contributed by atoms with Crippen LogP contribution < -0.4 is 10.1 Å². The largest absolute Gasteiger partial charge is 0.494 e. The van der Waals surface area contributed by atoms with Gasteiger partial charge in [-0.25, -0.2) is 0 Å². The second kappa shape index (κ2) is 9.06. The number of carbonyl (C=O) groups is 1. The second-order valence-corrected chi connectivity index (χ2v) is 7.06. The smallest absolute Gasteiger partial charge is 0.227 e. The molecule has 0 unspecified atom stereocenters. The molecule has 0 aliphatic carbocycles. The molecule has 3 rings (SSSR count). The molecule has 0 radical (unpaired) electrons. The molecule has 138 valence electrons. The highest BCUT2D eigenvalue weighted by molar-refractivity contribution is 6.30. The van der Waals surface area contributed by atoms with E-state index < -0.39 is 0 Å². The summed E-state index contributed by atoms with van der Waals surface area (Å²) in [6.45, 7) is 5.37. The first-order valence-corrected chi connectivity index (χ1v) is 9.52. The Bertz CT molecular complexity index is 708. The van der Waals surface area contributed by atoms with E-state index in [4.69, 9.17) is 16.3 Å². The lowest BCUT2D eigenvalue weighted by Crippen LogP contribution is -2.37. The third-order valence-electron chi connectivity index (χ3n) is 4.71. The molecule has 1 aliphatic rings. The molecule has 5 heteroatoms. The maximum atomic E-state index is 12.5. The zero-order valence-corrected chi connectivity index (χ0v) is 15.8. The molecule has 0 atom stereocenters. The van der Waals surface area contributed by atoms with Crippen molar-refractivity contribution in [1.29, 1.82) is 0 Å². The van der Waals surface area contributed by atoms with Crippen molar-refractivity contribution in [1.82, 2.24) is 4.90 Å². The number of amides is 1. The number of anilines is 1. The van der Waals surface area contributed by atoms with Gasteiger partial charge in [0.1, 0.15) is 5.75 Å². The molecule has 0 spiro atoms. The first-order valence-electron chi connectivity index (χ1n) is 9.14. The standard InChI is InChI=1S/C21H25ClN2O2/c1-2-26-20-9-7-19(8-10-20)23-21(25)17-11-13-24(14-12-17)15-16-3-5-18(22)6-4-16/h3-10,17H,2,11-15H2,1H3,(H,23,25). The van der Waals surface area contributed by atoms with Gasteiger partial charge in [-0.15, -0.1) is 0 Å². The Morgan fingerprint density at radius 1 is 1.12 bits per heavy atom. The first kappa shape index (κ1) is 18.7. The second-order valence-electron chi connectivity index (χ2n) is 6.62. The van der Waals surface area contributed by atoms with Gasteiger partial charge >= 0.3 is 0 Å². The van der Waals surface area contributed by atoms with Crippen molar-refractivity contribution < 1.29 is 9.53 Å². The third kappa shape index (κ3) is 5.23. The number of nitrogens with one attached hydrogen (secondary N) is 1. The fraction of sp³-hybridized carbons (Fsp3) is 0.381. The predicted octanol–water partition coefficient (Wildman–Crippen LogP) is 4.59. The molecule has 1 saturated heterocycles. The van der Waals surface area contributed by atoms with Crippen LogP contribution in [0.1, 0.15) is 25.3 Å². The van der Waals surface area contributed by atoms with Crippen molar-refractivity contribution in [2.75, 3.05) is 25.0 Å². The molecule has 1 heterocycles. The fourth-order valence-electron chi connectivity index (χ4n) is 3.25. The lowest BCUT2D eigenvalue weighted by molar-refractivity contribution is -0.121. The van der Waals surface area contributed by atoms with Crippen molar-refractivity contribution in [2.45, 2.75) is 26.3 Å². The Kier molecular flexibility index (Phi) is 6.53. The Balaban J connectivity index is 1.46. The first-order chi connectivity index (χ1) is 12.6. The van der Waals surface area contributed by atoms with Crippen LogP contribution in [0.4, 0.5) is 5.69 Å². The Morgan fingerprint density at radius 3 is 2.38 bits per heavy atom. The van der Waals surface area contributed by atoms with Crippen LogP contribution in [-0.2, 0) is 11.3 Å². The average molecular weight is 373 g/mol. The number of carbonyl (C=O) groups excluding carboxylic acids is 1. The molecule has 1 aliphatic heterocycles. The number of ether oxygens (including phenoxy) is 1. The van der Waals surface area contributed by atoms with Crippen molar-refractivity contribution in [3.8, 4) is 5.75 Å². The summed E-state index contributed by atoms with van der Waals surface area (Å²) in [6.07, 6.45) is 1.77. The lowest BCUT2D eigenvalue weighted by atomic mass is 9.95. The van der Waals surface area contributed by atoms with E-state index in [9.17, 15) is 4.79 Å². The van der Waals surface area contributed by atoms with E-state index in [0.717, 1.165) is 48.9 Å². The summed E-state index contributed by atoms with van der Waals surface area (Å²) in [5, 5.41) is 3.79. The molecule has 4 nitrogen and oxygen atoms in total. The minimum atomic E-state index is 0.0723. The van der Waals surface area contributed by atoms with E-state index in [-0.39, 0.29) is 11.8 Å². The van der Waals surface area contributed by atoms with Gasteiger partial charge in [0, 0.05) is 23.2 Å². The maximum Gasteiger partial charge on any atom is 0.227 e. The minimum absolute atomic E-state index is 0.0723. The predicted molar refractivity (Wildman–Crippen MR) is 106 cm³/mol. The SMILES string of the molecule is CCOc1ccc(NC(=O)C2CCN(Cc3ccc(Cl)cc3)CC2)cc1. The van der Waals surface area contributed by atoms with Crippen LogP contribution in [0, 0.1) is 5.92 Å². The molecule has 0 aromatic heterocycles. The molecule has 2 aromatic rings. The monoisotopic (exact) mass is 372 g/mol. The normalized spacial score (nSPS) is 15.6. The average Bonchev–Trinajstić information content (AvgIpc) is 2.66. The molecule has 0 bridgehead atoms. The summed E-state index contributed by atoms with van der Waals surface area (Å²) in [6, 6.07) is 15.5. The molecular formula is C21H25ClN2O2. The Hall–Kier alpha value is -2.04. The molecule has 1 N–H and O–H groups in total. The van der Waals surface area contributed by atoms with Crippen LogP contribution in [0.25, 0.3) is 0 Å². The number of nitrogens with zero attached hydrogens (tertiary/aromatic N) is 1. The van der Waals surface area contributed by atoms with Gasteiger partial charge in [-0.3, -0.25) is 9.69 Å². The van der Waals surface area contributed by atoms with Crippen molar-refractivity contribution >= 4 is 23.2 Å². The summed E-state index contributed by atoms with van der Waals surface area (Å²) in [7, 11) is 0. The van der Waals surface area contributed by atoms with Crippen molar-refractivity contribution in [2.24, 2.45) is 5.92 Å². The molecule has 2 aromatic carbocycles. The lowest BCUT2D eigenvalue weighted by Gasteiger charge is -2.31. The van der Waals surface area contributed by atoms with E-state index >= 15 is 0 Å². The van der Waals surface area contributed by atoms with Crippen LogP contribution in [-0.4, -0.2) is 30.5 Å². The van der Waals surface area contributed by atoms with Gasteiger partial charge in [-0.05, 0) is 74.8 Å². The topological polar surface area (TPSA) is 41.6 Å². The van der Waals surface area contributed by atoms with Crippen LogP contribution >= 0.6 is 11.6 Å². The molecule has 1 fully saturated rings. The van der Waals surface area contributed by atoms with Crippen molar-refractivity contribution in [3.05, 3.63) is 59.1 Å². The highest BCUT2D eigenvalue weighted by Gasteiger charge is 2.25. The summed E-state index contributed by atoms with van der Waals surface area (Å²) >= 11 is 5.93. The molecular weight excluding hydrogens is 348 g/mol. The zero-order chi connectivity index (χ0) is 18.4. The Morgan fingerprint density at radius 2 is 1.77 bits per heavy atom. The molecule has 0 saturated carbocycles. The van der Waals surface area contributed by atoms with Gasteiger partial charge in [-0.1, -0.05) is 23.7 Å². The number of halogens is 1.